The van der Waals surface area contributed by atoms with Gasteiger partial charge in [-0.05, 0) is 36.8 Å². The van der Waals surface area contributed by atoms with E-state index in [4.69, 9.17) is 0 Å². The highest BCUT2D eigenvalue weighted by Gasteiger charge is 2.11. The fraction of sp³-hybridized carbons (Fsp3) is 0.0952. The Bertz CT molecular complexity index is 1140. The molecule has 0 aliphatic carbocycles. The summed E-state index contributed by atoms with van der Waals surface area (Å²) in [5.41, 5.74) is 4.67. The third-order valence-corrected chi connectivity index (χ3v) is 6.09. The molecule has 0 atom stereocenters. The SMILES string of the molecule is Cc1cc(NC(=O)CSc2nccn3nc(-c4ccccc4)cc23)ccc1Br. The lowest BCUT2D eigenvalue weighted by Gasteiger charge is -2.07. The third kappa shape index (κ3) is 4.10. The number of aromatic nitrogens is 3. The molecule has 2 heterocycles. The fourth-order valence-electron chi connectivity index (χ4n) is 2.81. The molecule has 0 aliphatic heterocycles. The number of halogens is 1. The minimum absolute atomic E-state index is 0.0710. The van der Waals surface area contributed by atoms with Crippen LogP contribution in [0.2, 0.25) is 0 Å². The zero-order chi connectivity index (χ0) is 19.5. The van der Waals surface area contributed by atoms with Gasteiger partial charge in [0.1, 0.15) is 5.03 Å². The van der Waals surface area contributed by atoms with Gasteiger partial charge in [0.15, 0.2) is 0 Å². The van der Waals surface area contributed by atoms with Crippen LogP contribution in [-0.2, 0) is 4.79 Å². The Hall–Kier alpha value is -2.64. The number of carbonyl (C=O) groups excluding carboxylic acids is 1. The second kappa shape index (κ2) is 8.16. The van der Waals surface area contributed by atoms with Crippen molar-refractivity contribution < 1.29 is 4.79 Å². The number of thioether (sulfide) groups is 1. The molecule has 2 aromatic carbocycles. The summed E-state index contributed by atoms with van der Waals surface area (Å²) in [6.07, 6.45) is 3.52. The van der Waals surface area contributed by atoms with Gasteiger partial charge in [-0.3, -0.25) is 4.79 Å². The highest BCUT2D eigenvalue weighted by molar-refractivity contribution is 9.10. The lowest BCUT2D eigenvalue weighted by molar-refractivity contribution is -0.113. The molecule has 4 aromatic rings. The molecular formula is C21H17BrN4OS. The quantitative estimate of drug-likeness (QED) is 0.422. The minimum Gasteiger partial charge on any atom is -0.325 e. The molecule has 28 heavy (non-hydrogen) atoms. The van der Waals surface area contributed by atoms with Crippen LogP contribution in [0.4, 0.5) is 5.69 Å². The number of hydrogen-bond acceptors (Lipinski definition) is 4. The second-order valence-corrected chi connectivity index (χ2v) is 8.08. The van der Waals surface area contributed by atoms with E-state index < -0.39 is 0 Å². The van der Waals surface area contributed by atoms with Gasteiger partial charge in [0.2, 0.25) is 5.91 Å². The maximum Gasteiger partial charge on any atom is 0.234 e. The van der Waals surface area contributed by atoms with Gasteiger partial charge in [-0.25, -0.2) is 9.50 Å². The number of amides is 1. The monoisotopic (exact) mass is 452 g/mol. The topological polar surface area (TPSA) is 59.3 Å². The molecule has 0 fully saturated rings. The van der Waals surface area contributed by atoms with Crippen molar-refractivity contribution in [1.29, 1.82) is 0 Å². The molecule has 2 aromatic heterocycles. The number of nitrogens with zero attached hydrogens (tertiary/aromatic N) is 3. The van der Waals surface area contributed by atoms with Crippen molar-refractivity contribution in [3.05, 3.63) is 77.0 Å². The Balaban J connectivity index is 1.49. The lowest BCUT2D eigenvalue weighted by Crippen LogP contribution is -2.14. The first kappa shape index (κ1) is 18.7. The number of carbonyl (C=O) groups is 1. The van der Waals surface area contributed by atoms with Gasteiger partial charge in [-0.2, -0.15) is 5.10 Å². The first-order chi connectivity index (χ1) is 13.6. The minimum atomic E-state index is -0.0710. The molecule has 0 spiro atoms. The molecule has 5 nitrogen and oxygen atoms in total. The normalized spacial score (nSPS) is 10.9. The largest absolute Gasteiger partial charge is 0.325 e. The standard InChI is InChI=1S/C21H17BrN4OS/c1-14-11-16(7-8-17(14)22)24-20(27)13-28-21-19-12-18(15-5-3-2-4-6-15)25-26(19)10-9-23-21/h2-12H,13H2,1H3,(H,24,27). The van der Waals surface area contributed by atoms with Crippen LogP contribution in [-0.4, -0.2) is 26.3 Å². The summed E-state index contributed by atoms with van der Waals surface area (Å²) in [5, 5.41) is 8.32. The van der Waals surface area contributed by atoms with Crippen LogP contribution in [0.3, 0.4) is 0 Å². The molecule has 0 unspecified atom stereocenters. The molecule has 140 valence electrons. The van der Waals surface area contributed by atoms with Gasteiger partial charge in [-0.15, -0.1) is 0 Å². The van der Waals surface area contributed by atoms with Crippen molar-refractivity contribution in [3.8, 4) is 11.3 Å². The average Bonchev–Trinajstić information content (AvgIpc) is 3.15. The van der Waals surface area contributed by atoms with E-state index in [1.165, 1.54) is 11.8 Å². The van der Waals surface area contributed by atoms with Crippen LogP contribution in [0.15, 0.2) is 76.5 Å². The van der Waals surface area contributed by atoms with Crippen molar-refractivity contribution in [1.82, 2.24) is 14.6 Å². The number of nitrogens with one attached hydrogen (secondary N) is 1. The van der Waals surface area contributed by atoms with Crippen molar-refractivity contribution in [3.63, 3.8) is 0 Å². The average molecular weight is 453 g/mol. The van der Waals surface area contributed by atoms with Gasteiger partial charge in [-0.1, -0.05) is 58.0 Å². The van der Waals surface area contributed by atoms with E-state index in [1.807, 2.05) is 67.7 Å². The van der Waals surface area contributed by atoms with Crippen LogP contribution in [0.25, 0.3) is 16.8 Å². The molecule has 1 N–H and O–H groups in total. The molecule has 0 saturated carbocycles. The van der Waals surface area contributed by atoms with E-state index in [-0.39, 0.29) is 11.7 Å². The molecule has 0 aliphatic rings. The Kier molecular flexibility index (Phi) is 5.45. The van der Waals surface area contributed by atoms with E-state index in [9.17, 15) is 4.79 Å². The highest BCUT2D eigenvalue weighted by Crippen LogP contribution is 2.26. The number of rotatable bonds is 5. The van der Waals surface area contributed by atoms with Crippen molar-refractivity contribution >= 4 is 44.8 Å². The van der Waals surface area contributed by atoms with Crippen LogP contribution in [0.1, 0.15) is 5.56 Å². The van der Waals surface area contributed by atoms with Crippen molar-refractivity contribution in [2.45, 2.75) is 11.9 Å². The van der Waals surface area contributed by atoms with E-state index in [1.54, 1.807) is 10.7 Å². The van der Waals surface area contributed by atoms with E-state index in [0.29, 0.717) is 0 Å². The first-order valence-corrected chi connectivity index (χ1v) is 10.5. The van der Waals surface area contributed by atoms with Crippen LogP contribution >= 0.6 is 27.7 Å². The summed E-state index contributed by atoms with van der Waals surface area (Å²) in [6, 6.07) is 17.7. The summed E-state index contributed by atoms with van der Waals surface area (Å²) in [4.78, 5) is 16.8. The van der Waals surface area contributed by atoms with Crippen LogP contribution in [0.5, 0.6) is 0 Å². The van der Waals surface area contributed by atoms with E-state index in [0.717, 1.165) is 37.5 Å². The molecule has 7 heteroatoms. The Morgan fingerprint density at radius 1 is 1.18 bits per heavy atom. The fourth-order valence-corrected chi connectivity index (χ4v) is 3.84. The van der Waals surface area contributed by atoms with Gasteiger partial charge in [0.05, 0.1) is 17.0 Å². The van der Waals surface area contributed by atoms with E-state index in [2.05, 4.69) is 31.3 Å². The van der Waals surface area contributed by atoms with Gasteiger partial charge < -0.3 is 5.32 Å². The zero-order valence-corrected chi connectivity index (χ0v) is 17.5. The predicted octanol–water partition coefficient (Wildman–Crippen LogP) is 5.20. The van der Waals surface area contributed by atoms with Crippen LogP contribution in [0, 0.1) is 6.92 Å². The summed E-state index contributed by atoms with van der Waals surface area (Å²) in [7, 11) is 0. The van der Waals surface area contributed by atoms with Crippen molar-refractivity contribution in [2.24, 2.45) is 0 Å². The second-order valence-electron chi connectivity index (χ2n) is 6.26. The Labute approximate surface area is 175 Å². The maximum atomic E-state index is 12.4. The van der Waals surface area contributed by atoms with Gasteiger partial charge >= 0.3 is 0 Å². The smallest absolute Gasteiger partial charge is 0.234 e. The summed E-state index contributed by atoms with van der Waals surface area (Å²) >= 11 is 4.87. The molecule has 4 rings (SSSR count). The summed E-state index contributed by atoms with van der Waals surface area (Å²) in [6.45, 7) is 1.99. The Morgan fingerprint density at radius 2 is 2.00 bits per heavy atom. The molecule has 0 bridgehead atoms. The highest BCUT2D eigenvalue weighted by atomic mass is 79.9. The molecular weight excluding hydrogens is 436 g/mol. The maximum absolute atomic E-state index is 12.4. The number of benzene rings is 2. The Morgan fingerprint density at radius 3 is 2.79 bits per heavy atom. The van der Waals surface area contributed by atoms with Gasteiger partial charge in [0, 0.05) is 28.1 Å². The molecule has 1 amide bonds. The first-order valence-electron chi connectivity index (χ1n) is 8.69. The zero-order valence-electron chi connectivity index (χ0n) is 15.1. The number of fused-ring (bicyclic) bond motifs is 1. The van der Waals surface area contributed by atoms with Crippen molar-refractivity contribution in [2.75, 3.05) is 11.1 Å². The summed E-state index contributed by atoms with van der Waals surface area (Å²) < 4.78 is 2.82. The van der Waals surface area contributed by atoms with Gasteiger partial charge in [0.25, 0.3) is 0 Å². The third-order valence-electron chi connectivity index (χ3n) is 4.21. The predicted molar refractivity (Wildman–Crippen MR) is 117 cm³/mol. The number of aryl methyl sites for hydroxylation is 1. The van der Waals surface area contributed by atoms with Crippen LogP contribution < -0.4 is 5.32 Å². The molecule has 0 radical (unpaired) electrons. The van der Waals surface area contributed by atoms with E-state index >= 15 is 0 Å². The lowest BCUT2D eigenvalue weighted by atomic mass is 10.1. The number of anilines is 1. The molecule has 0 saturated heterocycles. The summed E-state index contributed by atoms with van der Waals surface area (Å²) in [5.74, 6) is 0.200. The number of hydrogen-bond donors (Lipinski definition) is 1.